The topological polar surface area (TPSA) is 132 Å². The van der Waals surface area contributed by atoms with Crippen molar-refractivity contribution in [3.8, 4) is 5.69 Å². The molecule has 4 aromatic rings. The zero-order valence-corrected chi connectivity index (χ0v) is 27.3. The number of likely N-dealkylation sites (tertiary alicyclic amines) is 1. The maximum absolute atomic E-state index is 13.0. The highest BCUT2D eigenvalue weighted by Crippen LogP contribution is 2.43. The van der Waals surface area contributed by atoms with Gasteiger partial charge in [0.2, 0.25) is 11.1 Å². The molecule has 0 spiro atoms. The van der Waals surface area contributed by atoms with E-state index in [9.17, 15) is 27.9 Å². The number of hydrogen-bond acceptors (Lipinski definition) is 9. The van der Waals surface area contributed by atoms with Crippen LogP contribution in [0, 0.1) is 5.92 Å². The Morgan fingerprint density at radius 2 is 1.67 bits per heavy atom. The first kappa shape index (κ1) is 34.5. The minimum Gasteiger partial charge on any atom is -0.392 e. The largest absolute Gasteiger partial charge is 0.471 e. The van der Waals surface area contributed by atoms with Gasteiger partial charge in [0.05, 0.1) is 24.5 Å². The summed E-state index contributed by atoms with van der Waals surface area (Å²) in [5, 5.41) is 25.1. The van der Waals surface area contributed by atoms with E-state index in [0.29, 0.717) is 27.8 Å². The number of carbonyl (C=O) groups excluding carboxylic acids is 2. The predicted molar refractivity (Wildman–Crippen MR) is 172 cm³/mol. The summed E-state index contributed by atoms with van der Waals surface area (Å²) in [4.78, 5) is 25.1. The van der Waals surface area contributed by atoms with Gasteiger partial charge in [-0.3, -0.25) is 9.59 Å². The van der Waals surface area contributed by atoms with Crippen molar-refractivity contribution in [1.29, 1.82) is 0 Å². The van der Waals surface area contributed by atoms with Gasteiger partial charge in [-0.05, 0) is 52.1 Å². The first-order valence-corrected chi connectivity index (χ1v) is 16.8. The molecule has 1 aromatic heterocycles. The molecule has 258 valence electrons. The zero-order valence-electron chi connectivity index (χ0n) is 26.5. The molecule has 0 bridgehead atoms. The lowest BCUT2D eigenvalue weighted by Gasteiger charge is -2.41. The van der Waals surface area contributed by atoms with Crippen molar-refractivity contribution in [3.05, 3.63) is 101 Å². The number of thioether (sulfide) groups is 1. The van der Waals surface area contributed by atoms with Crippen LogP contribution in [-0.2, 0) is 32.2 Å². The summed E-state index contributed by atoms with van der Waals surface area (Å²) < 4.78 is 53.7. The summed E-state index contributed by atoms with van der Waals surface area (Å²) in [6, 6.07) is 23.3. The number of amides is 2. The molecule has 11 nitrogen and oxygen atoms in total. The predicted octanol–water partition coefficient (Wildman–Crippen LogP) is 4.91. The standard InChI is InChI=1S/C34H35F3N6O5S/c1-21-28(20-49-33-39-40-41-43(33)26-6-3-2-4-7-26)47-31(48-29(21)24-13-11-23(19-44)12-14-24)25-15-9-22(10-16-25)18-38-30(45)27-8-5-17-42(27)32(46)34(35,36)37/h2-4,6-7,9-16,21,27-29,31,44H,5,8,17-20H2,1H3,(H,38,45)/t21-,27-,28+,29+,31+/m0/s1. The van der Waals surface area contributed by atoms with Crippen LogP contribution in [0.1, 0.15) is 54.4 Å². The summed E-state index contributed by atoms with van der Waals surface area (Å²) >= 11 is 1.47. The fourth-order valence-electron chi connectivity index (χ4n) is 6.01. The molecule has 2 aliphatic rings. The number of aliphatic hydroxyl groups excluding tert-OH is 1. The number of aliphatic hydroxyl groups is 1. The van der Waals surface area contributed by atoms with Gasteiger partial charge in [-0.1, -0.05) is 85.4 Å². The molecule has 0 unspecified atom stereocenters. The van der Waals surface area contributed by atoms with Crippen LogP contribution in [0.15, 0.2) is 84.0 Å². The molecule has 2 amide bonds. The number of hydrogen-bond donors (Lipinski definition) is 2. The second kappa shape index (κ2) is 15.1. The third kappa shape index (κ3) is 7.96. The number of ether oxygens (including phenoxy) is 2. The minimum absolute atomic E-state index is 0.0696. The van der Waals surface area contributed by atoms with Gasteiger partial charge in [-0.25, -0.2) is 0 Å². The first-order valence-electron chi connectivity index (χ1n) is 15.8. The molecule has 49 heavy (non-hydrogen) atoms. The summed E-state index contributed by atoms with van der Waals surface area (Å²) in [7, 11) is 0. The van der Waals surface area contributed by atoms with Crippen molar-refractivity contribution in [1.82, 2.24) is 30.4 Å². The van der Waals surface area contributed by atoms with E-state index in [1.807, 2.05) is 66.7 Å². The molecular formula is C34H35F3N6O5S. The Kier molecular flexibility index (Phi) is 10.6. The number of para-hydroxylation sites is 1. The third-order valence-electron chi connectivity index (χ3n) is 8.72. The molecule has 0 radical (unpaired) electrons. The molecule has 2 fully saturated rings. The normalized spacial score (nSPS) is 22.6. The number of benzene rings is 3. The van der Waals surface area contributed by atoms with Crippen LogP contribution in [0.2, 0.25) is 0 Å². The quantitative estimate of drug-likeness (QED) is 0.222. The van der Waals surface area contributed by atoms with Gasteiger partial charge in [0.15, 0.2) is 6.29 Å². The molecule has 2 N–H and O–H groups in total. The Bertz CT molecular complexity index is 1720. The second-order valence-electron chi connectivity index (χ2n) is 12.0. The highest BCUT2D eigenvalue weighted by atomic mass is 32.2. The van der Waals surface area contributed by atoms with Crippen molar-refractivity contribution in [2.45, 2.75) is 68.8 Å². The second-order valence-corrected chi connectivity index (χ2v) is 12.9. The molecular weight excluding hydrogens is 661 g/mol. The highest BCUT2D eigenvalue weighted by Gasteiger charge is 2.47. The van der Waals surface area contributed by atoms with Crippen LogP contribution < -0.4 is 5.32 Å². The number of nitrogens with zero attached hydrogens (tertiary/aromatic N) is 5. The SMILES string of the molecule is C[C@H]1[C@@H](CSc2nnnn2-c2ccccc2)O[C@@H](c2ccc(CNC(=O)[C@@H]3CCCN3C(=O)C(F)(F)F)cc2)O[C@H]1c1ccc(CO)cc1. The van der Waals surface area contributed by atoms with Crippen LogP contribution in [-0.4, -0.2) is 72.6 Å². The van der Waals surface area contributed by atoms with Crippen molar-refractivity contribution in [3.63, 3.8) is 0 Å². The van der Waals surface area contributed by atoms with E-state index in [1.165, 1.54) is 11.8 Å². The van der Waals surface area contributed by atoms with E-state index >= 15 is 0 Å². The Morgan fingerprint density at radius 1 is 0.980 bits per heavy atom. The maximum Gasteiger partial charge on any atom is 0.471 e. The van der Waals surface area contributed by atoms with E-state index in [-0.39, 0.29) is 44.2 Å². The number of carbonyl (C=O) groups is 2. The van der Waals surface area contributed by atoms with Crippen molar-refractivity contribution < 1.29 is 37.3 Å². The zero-order chi connectivity index (χ0) is 34.5. The molecule has 3 heterocycles. The minimum atomic E-state index is -5.03. The van der Waals surface area contributed by atoms with Crippen LogP contribution in [0.4, 0.5) is 13.2 Å². The van der Waals surface area contributed by atoms with Gasteiger partial charge in [-0.2, -0.15) is 17.9 Å². The average Bonchev–Trinajstić information content (AvgIpc) is 3.81. The smallest absolute Gasteiger partial charge is 0.392 e. The van der Waals surface area contributed by atoms with Gasteiger partial charge in [0.25, 0.3) is 0 Å². The highest BCUT2D eigenvalue weighted by molar-refractivity contribution is 7.99. The van der Waals surface area contributed by atoms with Crippen LogP contribution in [0.3, 0.4) is 0 Å². The maximum atomic E-state index is 13.0. The van der Waals surface area contributed by atoms with Crippen molar-refractivity contribution in [2.24, 2.45) is 5.92 Å². The van der Waals surface area contributed by atoms with Gasteiger partial charge >= 0.3 is 12.1 Å². The van der Waals surface area contributed by atoms with E-state index in [4.69, 9.17) is 9.47 Å². The lowest BCUT2D eigenvalue weighted by Crippen LogP contribution is -2.50. The Balaban J connectivity index is 1.15. The fraction of sp³-hybridized carbons (Fsp3) is 0.382. The lowest BCUT2D eigenvalue weighted by atomic mass is 9.91. The monoisotopic (exact) mass is 696 g/mol. The summed E-state index contributed by atoms with van der Waals surface area (Å²) in [5.74, 6) is -2.16. The number of nitrogens with one attached hydrogen (secondary N) is 1. The van der Waals surface area contributed by atoms with Gasteiger partial charge in [-0.15, -0.1) is 5.10 Å². The third-order valence-corrected chi connectivity index (χ3v) is 9.73. The van der Waals surface area contributed by atoms with E-state index < -0.39 is 30.3 Å². The Labute approximate surface area is 284 Å². The number of tetrazole rings is 1. The molecule has 2 saturated heterocycles. The Morgan fingerprint density at radius 3 is 2.37 bits per heavy atom. The van der Waals surface area contributed by atoms with Crippen molar-refractivity contribution >= 4 is 23.6 Å². The van der Waals surface area contributed by atoms with Crippen molar-refractivity contribution in [2.75, 3.05) is 12.3 Å². The molecule has 5 atom stereocenters. The average molecular weight is 697 g/mol. The van der Waals surface area contributed by atoms with Crippen LogP contribution in [0.5, 0.6) is 0 Å². The molecule has 6 rings (SSSR count). The van der Waals surface area contributed by atoms with E-state index in [2.05, 4.69) is 27.8 Å². The van der Waals surface area contributed by atoms with Gasteiger partial charge in [0.1, 0.15) is 6.04 Å². The number of aromatic nitrogens is 4. The van der Waals surface area contributed by atoms with E-state index in [1.54, 1.807) is 16.8 Å². The molecule has 3 aromatic carbocycles. The van der Waals surface area contributed by atoms with E-state index in [0.717, 1.165) is 22.4 Å². The van der Waals surface area contributed by atoms with Gasteiger partial charge in [0, 0.05) is 30.3 Å². The molecule has 0 saturated carbocycles. The van der Waals surface area contributed by atoms with Crippen LogP contribution in [0.25, 0.3) is 5.69 Å². The fourth-order valence-corrected chi connectivity index (χ4v) is 7.07. The summed E-state index contributed by atoms with van der Waals surface area (Å²) in [6.45, 7) is 1.95. The number of halogens is 3. The molecule has 0 aliphatic carbocycles. The number of alkyl halides is 3. The van der Waals surface area contributed by atoms with Crippen LogP contribution >= 0.6 is 11.8 Å². The Hall–Kier alpha value is -4.31. The van der Waals surface area contributed by atoms with Gasteiger partial charge < -0.3 is 24.8 Å². The molecule has 15 heteroatoms. The first-order chi connectivity index (χ1) is 23.6. The number of rotatable bonds is 10. The molecule has 2 aliphatic heterocycles. The summed E-state index contributed by atoms with van der Waals surface area (Å²) in [6.07, 6.45) is -5.89. The lowest BCUT2D eigenvalue weighted by molar-refractivity contribution is -0.268. The summed E-state index contributed by atoms with van der Waals surface area (Å²) in [5.41, 5.74) is 4.01.